The molecule has 0 saturated heterocycles. The molecule has 3 heterocycles. The van der Waals surface area contributed by atoms with Gasteiger partial charge in [0.2, 0.25) is 0 Å². The molecule has 7 aromatic rings. The average Bonchev–Trinajstić information content (AvgIpc) is 3.47. The number of benzene rings is 5. The SMILES string of the molecule is CC(C)N1c2ccccc2-n2c3c1cc(C#N)cc3c1ccc3c(c4ccccc4n3-c3ccccc3)c12. The minimum atomic E-state index is 0.236. The maximum atomic E-state index is 10.00. The standard InChI is InChI=1S/C34H24N4/c1-21(2)36-28-14-8-9-15-29(28)38-33-26(18-22(20-35)19-31(33)36)24-16-17-30-32(34(24)38)25-12-6-7-13-27(25)37(30)23-10-4-3-5-11-23/h3-19,21H,1-2H3. The van der Waals surface area contributed by atoms with Gasteiger partial charge in [0, 0.05) is 33.3 Å². The smallest absolute Gasteiger partial charge is 0.0992 e. The molecule has 0 unspecified atom stereocenters. The molecule has 1 aliphatic rings. The van der Waals surface area contributed by atoms with Crippen molar-refractivity contribution in [3.63, 3.8) is 0 Å². The molecule has 38 heavy (non-hydrogen) atoms. The van der Waals surface area contributed by atoms with Crippen LogP contribution in [0.2, 0.25) is 0 Å². The van der Waals surface area contributed by atoms with Crippen molar-refractivity contribution in [2.75, 3.05) is 4.90 Å². The second-order valence-electron chi connectivity index (χ2n) is 10.3. The van der Waals surface area contributed by atoms with Crippen molar-refractivity contribution in [3.8, 4) is 17.4 Å². The summed E-state index contributed by atoms with van der Waals surface area (Å²) < 4.78 is 4.81. The van der Waals surface area contributed by atoms with E-state index >= 15 is 0 Å². The van der Waals surface area contributed by atoms with Crippen molar-refractivity contribution in [3.05, 3.63) is 109 Å². The third kappa shape index (κ3) is 2.58. The minimum Gasteiger partial charge on any atom is -0.335 e. The lowest BCUT2D eigenvalue weighted by atomic mass is 10.0. The highest BCUT2D eigenvalue weighted by Crippen LogP contribution is 2.50. The molecule has 0 amide bonds. The van der Waals surface area contributed by atoms with Crippen LogP contribution in [0.3, 0.4) is 0 Å². The minimum absolute atomic E-state index is 0.236. The lowest BCUT2D eigenvalue weighted by molar-refractivity contribution is 0.781. The molecular weight excluding hydrogens is 464 g/mol. The number of nitriles is 1. The highest BCUT2D eigenvalue weighted by Gasteiger charge is 2.31. The molecule has 0 N–H and O–H groups in total. The van der Waals surface area contributed by atoms with Crippen LogP contribution in [0, 0.1) is 11.3 Å². The fraction of sp³-hybridized carbons (Fsp3) is 0.0882. The molecule has 0 atom stereocenters. The summed E-state index contributed by atoms with van der Waals surface area (Å²) in [6.45, 7) is 4.43. The Hall–Kier alpha value is -5.01. The Bertz CT molecular complexity index is 2120. The Morgan fingerprint density at radius 1 is 0.605 bits per heavy atom. The second-order valence-corrected chi connectivity index (χ2v) is 10.3. The summed E-state index contributed by atoms with van der Waals surface area (Å²) in [5.74, 6) is 0. The molecule has 4 heteroatoms. The summed E-state index contributed by atoms with van der Waals surface area (Å²) in [6.07, 6.45) is 0. The third-order valence-electron chi connectivity index (χ3n) is 7.94. The van der Waals surface area contributed by atoms with Crippen molar-refractivity contribution in [2.45, 2.75) is 19.9 Å². The van der Waals surface area contributed by atoms with E-state index in [-0.39, 0.29) is 6.04 Å². The molecular formula is C34H24N4. The molecule has 4 nitrogen and oxygen atoms in total. The molecule has 8 rings (SSSR count). The Morgan fingerprint density at radius 2 is 1.34 bits per heavy atom. The van der Waals surface area contributed by atoms with E-state index in [4.69, 9.17) is 0 Å². The van der Waals surface area contributed by atoms with Crippen molar-refractivity contribution < 1.29 is 0 Å². The predicted octanol–water partition coefficient (Wildman–Crippen LogP) is 8.61. The number of fused-ring (bicyclic) bond motifs is 9. The molecule has 0 spiro atoms. The first-order valence-corrected chi connectivity index (χ1v) is 13.1. The first kappa shape index (κ1) is 21.1. The van der Waals surface area contributed by atoms with Crippen LogP contribution in [0.15, 0.2) is 103 Å². The van der Waals surface area contributed by atoms with Gasteiger partial charge < -0.3 is 14.0 Å². The molecule has 5 aromatic carbocycles. The van der Waals surface area contributed by atoms with Crippen LogP contribution in [0.4, 0.5) is 11.4 Å². The monoisotopic (exact) mass is 488 g/mol. The summed E-state index contributed by atoms with van der Waals surface area (Å²) in [6, 6.07) is 39.2. The number of nitrogens with zero attached hydrogens (tertiary/aromatic N) is 4. The molecule has 0 aliphatic carbocycles. The Balaban J connectivity index is 1.67. The van der Waals surface area contributed by atoms with Crippen molar-refractivity contribution in [1.82, 2.24) is 9.13 Å². The number of hydrogen-bond donors (Lipinski definition) is 0. The lowest BCUT2D eigenvalue weighted by Crippen LogP contribution is -2.29. The quantitative estimate of drug-likeness (QED) is 0.244. The van der Waals surface area contributed by atoms with Gasteiger partial charge in [0.05, 0.1) is 50.8 Å². The van der Waals surface area contributed by atoms with Crippen LogP contribution in [-0.2, 0) is 0 Å². The van der Waals surface area contributed by atoms with Crippen LogP contribution in [0.1, 0.15) is 19.4 Å². The lowest BCUT2D eigenvalue weighted by Gasteiger charge is -2.36. The van der Waals surface area contributed by atoms with E-state index in [0.717, 1.165) is 28.0 Å². The van der Waals surface area contributed by atoms with Gasteiger partial charge in [-0.05, 0) is 62.4 Å². The summed E-state index contributed by atoms with van der Waals surface area (Å²) in [5, 5.41) is 14.7. The number of aromatic nitrogens is 2. The first-order valence-electron chi connectivity index (χ1n) is 13.1. The topological polar surface area (TPSA) is 36.9 Å². The molecule has 2 aromatic heterocycles. The van der Waals surface area contributed by atoms with Crippen LogP contribution in [0.5, 0.6) is 0 Å². The van der Waals surface area contributed by atoms with E-state index in [1.54, 1.807) is 0 Å². The van der Waals surface area contributed by atoms with Gasteiger partial charge in [0.15, 0.2) is 0 Å². The normalized spacial score (nSPS) is 12.6. The predicted molar refractivity (Wildman–Crippen MR) is 157 cm³/mol. The summed E-state index contributed by atoms with van der Waals surface area (Å²) >= 11 is 0. The zero-order chi connectivity index (χ0) is 25.5. The Morgan fingerprint density at radius 3 is 2.13 bits per heavy atom. The average molecular weight is 489 g/mol. The number of anilines is 2. The second kappa shape index (κ2) is 7.50. The zero-order valence-corrected chi connectivity index (χ0v) is 21.2. The highest BCUT2D eigenvalue weighted by molar-refractivity contribution is 6.28. The summed E-state index contributed by atoms with van der Waals surface area (Å²) in [5.41, 5.74) is 9.96. The fourth-order valence-corrected chi connectivity index (χ4v) is 6.55. The highest BCUT2D eigenvalue weighted by atomic mass is 15.2. The van der Waals surface area contributed by atoms with Crippen LogP contribution < -0.4 is 4.90 Å². The Kier molecular flexibility index (Phi) is 4.17. The van der Waals surface area contributed by atoms with Crippen LogP contribution in [0.25, 0.3) is 55.0 Å². The third-order valence-corrected chi connectivity index (χ3v) is 7.94. The maximum absolute atomic E-state index is 10.00. The van der Waals surface area contributed by atoms with E-state index < -0.39 is 0 Å². The van der Waals surface area contributed by atoms with E-state index in [2.05, 4.69) is 137 Å². The van der Waals surface area contributed by atoms with E-state index in [1.165, 1.54) is 38.4 Å². The van der Waals surface area contributed by atoms with Gasteiger partial charge in [-0.25, -0.2) is 0 Å². The van der Waals surface area contributed by atoms with E-state index in [0.29, 0.717) is 5.56 Å². The molecule has 180 valence electrons. The number of rotatable bonds is 2. The number of hydrogen-bond acceptors (Lipinski definition) is 2. The molecule has 0 saturated carbocycles. The van der Waals surface area contributed by atoms with Gasteiger partial charge in [0.25, 0.3) is 0 Å². The Labute approximate surface area is 220 Å². The largest absolute Gasteiger partial charge is 0.335 e. The van der Waals surface area contributed by atoms with Crippen molar-refractivity contribution in [2.24, 2.45) is 0 Å². The van der Waals surface area contributed by atoms with Gasteiger partial charge >= 0.3 is 0 Å². The molecule has 1 aliphatic heterocycles. The van der Waals surface area contributed by atoms with Crippen molar-refractivity contribution >= 4 is 55.0 Å². The van der Waals surface area contributed by atoms with Gasteiger partial charge in [-0.2, -0.15) is 5.26 Å². The summed E-state index contributed by atoms with van der Waals surface area (Å²) in [4.78, 5) is 2.38. The molecule has 0 radical (unpaired) electrons. The van der Waals surface area contributed by atoms with Crippen LogP contribution in [-0.4, -0.2) is 15.2 Å². The zero-order valence-electron chi connectivity index (χ0n) is 21.2. The van der Waals surface area contributed by atoms with E-state index in [1.807, 2.05) is 0 Å². The van der Waals surface area contributed by atoms with Gasteiger partial charge in [-0.3, -0.25) is 0 Å². The van der Waals surface area contributed by atoms with Crippen molar-refractivity contribution in [1.29, 1.82) is 5.26 Å². The molecule has 0 bridgehead atoms. The van der Waals surface area contributed by atoms with E-state index in [9.17, 15) is 5.26 Å². The van der Waals surface area contributed by atoms with Gasteiger partial charge in [-0.1, -0.05) is 54.6 Å². The maximum Gasteiger partial charge on any atom is 0.0992 e. The van der Waals surface area contributed by atoms with Gasteiger partial charge in [-0.15, -0.1) is 0 Å². The summed E-state index contributed by atoms with van der Waals surface area (Å²) in [7, 11) is 0. The van der Waals surface area contributed by atoms with Gasteiger partial charge in [0.1, 0.15) is 0 Å². The fourth-order valence-electron chi connectivity index (χ4n) is 6.55. The first-order chi connectivity index (χ1) is 18.7. The van der Waals surface area contributed by atoms with Crippen LogP contribution >= 0.6 is 0 Å². The number of para-hydroxylation sites is 4. The molecule has 0 fully saturated rings.